The SMILES string of the molecule is CC[N]=[V]([Cl])([Cl])[Cl].C[N]=[Nb]([Br])([Br])[Br].C[N]=[Nb]([Cl])([Cl])[Cl].C[N]=[Nb]([Cl])([Cl])[Cl].C[N]=[V]([Br])([Br])[Br].C[N]=[V]([Cl])([Cl])[Cl].C[N]=[V]([Cl])([Cl])[Cl].C[N]=[V]([Cl])([Cl])[Cl].C[N]=[V]([Cl])([Cl])[Cl].C[N]=[V]([Cl])([Cl])[Cl]. The molecule has 10 nitrogen and oxygen atoms in total. The average molecular weight is 2270 g/mol. The zero-order valence-electron chi connectivity index (χ0n) is 31.0. The van der Waals surface area contributed by atoms with Gasteiger partial charge in [-0.25, -0.2) is 0 Å². The van der Waals surface area contributed by atoms with E-state index in [4.69, 9.17) is 232 Å². The molecule has 0 rings (SSSR count). The van der Waals surface area contributed by atoms with Crippen molar-refractivity contribution in [2.75, 3.05) is 70.0 Å². The van der Waals surface area contributed by atoms with Gasteiger partial charge in [0.2, 0.25) is 0 Å². The van der Waals surface area contributed by atoms with Crippen LogP contribution in [-0.4, -0.2) is 70.0 Å². The van der Waals surface area contributed by atoms with Crippen LogP contribution in [0.15, 0.2) is 36.5 Å². The second-order valence-corrected chi connectivity index (χ2v) is 161. The van der Waals surface area contributed by atoms with E-state index in [9.17, 15) is 0 Å². The van der Waals surface area contributed by atoms with Gasteiger partial charge in [-0.2, -0.15) is 0 Å². The van der Waals surface area contributed by atoms with Gasteiger partial charge in [-0.15, -0.1) is 0 Å². The van der Waals surface area contributed by atoms with E-state index < -0.39 is 112 Å². The van der Waals surface area contributed by atoms with Gasteiger partial charge in [-0.3, -0.25) is 0 Å². The summed E-state index contributed by atoms with van der Waals surface area (Å²) >= 11 is 13.8. The Labute approximate surface area is 524 Å². The molecule has 50 heteroatoms. The Bertz CT molecular complexity index is 1250. The van der Waals surface area contributed by atoms with E-state index in [1.54, 1.807) is 14.1 Å². The maximum atomic E-state index is 5.37. The average Bonchev–Trinajstić information content (AvgIpc) is 3.04. The summed E-state index contributed by atoms with van der Waals surface area (Å²) in [5.74, 6) is 0. The molecular weight excluding hydrogens is 2240 g/mol. The summed E-state index contributed by atoms with van der Waals surface area (Å²) < 4.78 is 36.1. The van der Waals surface area contributed by atoms with E-state index in [2.05, 4.69) is 117 Å². The third-order valence-electron chi connectivity index (χ3n) is 2.34. The molecule has 386 valence electrons. The van der Waals surface area contributed by atoms with Crippen molar-refractivity contribution in [3.8, 4) is 0 Å². The zero-order valence-corrected chi connectivity index (χ0v) is 75.0. The molecule has 0 unspecified atom stereocenters. The molecular formula is C11H32Br6Cl24N10Nb3V7. The Morgan fingerprint density at radius 1 is 0.344 bits per heavy atom. The van der Waals surface area contributed by atoms with Crippen LogP contribution in [0.3, 0.4) is 0 Å². The minimum absolute atomic E-state index is 0.615. The molecule has 61 heavy (non-hydrogen) atoms. The second kappa shape index (κ2) is 54.7. The van der Waals surface area contributed by atoms with Crippen molar-refractivity contribution >= 4 is 313 Å². The molecule has 0 atom stereocenters. The fraction of sp³-hybridized carbons (Fsp3) is 1.00. The quantitative estimate of drug-likeness (QED) is 0.232. The summed E-state index contributed by atoms with van der Waals surface area (Å²) in [6.07, 6.45) is 0. The molecule has 0 N–H and O–H groups in total. The zero-order chi connectivity index (χ0) is 52.8. The number of hydrogen-bond donors (Lipinski definition) is 0. The second-order valence-electron chi connectivity index (χ2n) is 6.44. The Hall–Kier alpha value is 14.2. The van der Waals surface area contributed by atoms with Crippen LogP contribution in [0.5, 0.6) is 0 Å². The molecule has 0 aromatic carbocycles. The fourth-order valence-corrected chi connectivity index (χ4v) is 1.98. The van der Waals surface area contributed by atoms with E-state index in [0.717, 1.165) is 0 Å². The van der Waals surface area contributed by atoms with E-state index in [1.807, 2.05) is 6.92 Å². The summed E-state index contributed by atoms with van der Waals surface area (Å²) in [5.41, 5.74) is 0. The predicted molar refractivity (Wildman–Crippen MR) is 282 cm³/mol. The molecule has 0 radical (unpaired) electrons. The molecule has 0 aromatic heterocycles. The van der Waals surface area contributed by atoms with Crippen LogP contribution in [0.1, 0.15) is 6.92 Å². The normalized spacial score (nSPS) is 11.3. The van der Waals surface area contributed by atoms with Crippen LogP contribution in [-0.2, 0) is 112 Å². The molecule has 0 aliphatic rings. The molecule has 0 aromatic rings. The summed E-state index contributed by atoms with van der Waals surface area (Å²) in [4.78, 5) is 0. The van der Waals surface area contributed by atoms with Gasteiger partial charge < -0.3 is 0 Å². The van der Waals surface area contributed by atoms with Crippen molar-refractivity contribution in [2.45, 2.75) is 6.92 Å². The number of halogens is 30. The standard InChI is InChI=1S/C2H5N.9CH3N.6BrH.24ClH.3Nb.7V/c1-2-3;9*1-2;;;;;;;;;;;;;;;;;;;;;;;;;;;;;;;;;;;;;;;;/h2H2,1H3;9*1H3;30*1H;;;;;;;;;;/q;;;;;;;;;;;;;;;;;;;;;;;;;;;;;;;;;;;;;;;;10*+3/p-30. The molecule has 0 amide bonds. The van der Waals surface area contributed by atoms with Crippen LogP contribution >= 0.6 is 313 Å². The monoisotopic (exact) mass is 2250 g/mol. The van der Waals surface area contributed by atoms with Crippen molar-refractivity contribution in [1.82, 2.24) is 0 Å². The van der Waals surface area contributed by atoms with E-state index in [0.29, 0.717) is 6.54 Å². The van der Waals surface area contributed by atoms with Crippen LogP contribution in [0.2, 0.25) is 0 Å². The summed E-state index contributed by atoms with van der Waals surface area (Å²) in [6, 6.07) is 0. The van der Waals surface area contributed by atoms with Gasteiger partial charge in [0.25, 0.3) is 0 Å². The summed E-state index contributed by atoms with van der Waals surface area (Å²) in [7, 11) is 120. The Morgan fingerprint density at radius 3 is 0.459 bits per heavy atom. The van der Waals surface area contributed by atoms with Gasteiger partial charge in [-0.05, 0) is 0 Å². The molecule has 0 saturated heterocycles. The third kappa shape index (κ3) is 189. The van der Waals surface area contributed by atoms with E-state index >= 15 is 0 Å². The molecule has 0 fully saturated rings. The van der Waals surface area contributed by atoms with Crippen LogP contribution in [0.4, 0.5) is 0 Å². The number of hydrogen-bond acceptors (Lipinski definition) is 10. The van der Waals surface area contributed by atoms with Gasteiger partial charge in [0.1, 0.15) is 0 Å². The first-order valence-electron chi connectivity index (χ1n) is 12.1. The fourth-order valence-electron chi connectivity index (χ4n) is 0.160. The molecule has 0 aliphatic carbocycles. The maximum absolute atomic E-state index is 5.37. The van der Waals surface area contributed by atoms with Crippen molar-refractivity contribution in [2.24, 2.45) is 36.5 Å². The summed E-state index contributed by atoms with van der Waals surface area (Å²) in [5, 5.41) is 0. The molecule has 0 heterocycles. The van der Waals surface area contributed by atoms with Crippen molar-refractivity contribution in [3.05, 3.63) is 0 Å². The van der Waals surface area contributed by atoms with Crippen LogP contribution in [0.25, 0.3) is 0 Å². The molecule has 0 bridgehead atoms. The Kier molecular flexibility index (Phi) is 87.3. The van der Waals surface area contributed by atoms with Gasteiger partial charge >= 0.3 is 538 Å². The van der Waals surface area contributed by atoms with Gasteiger partial charge in [0.15, 0.2) is 0 Å². The number of nitrogens with zero attached hydrogens (tertiary/aromatic N) is 10. The first kappa shape index (κ1) is 97.3. The molecule has 0 spiro atoms. The molecule has 0 aliphatic heterocycles. The Morgan fingerprint density at radius 2 is 0.459 bits per heavy atom. The predicted octanol–water partition coefficient (Wildman–Crippen LogP) is 25.5. The third-order valence-corrected chi connectivity index (χ3v) is 36.5. The minimum atomic E-state index is -3.11. The first-order valence-corrected chi connectivity index (χ1v) is 96.5. The molecule has 0 saturated carbocycles. The van der Waals surface area contributed by atoms with Crippen molar-refractivity contribution in [1.29, 1.82) is 0 Å². The Balaban J connectivity index is -0.0000000592. The van der Waals surface area contributed by atoms with E-state index in [1.165, 1.54) is 49.3 Å². The van der Waals surface area contributed by atoms with Crippen molar-refractivity contribution in [3.63, 3.8) is 0 Å². The van der Waals surface area contributed by atoms with Crippen LogP contribution < -0.4 is 0 Å². The van der Waals surface area contributed by atoms with Crippen molar-refractivity contribution < 1.29 is 112 Å². The topological polar surface area (TPSA) is 124 Å². The number of rotatable bonds is 1. The van der Waals surface area contributed by atoms with E-state index in [-0.39, 0.29) is 0 Å². The van der Waals surface area contributed by atoms with Gasteiger partial charge in [-0.1, -0.05) is 0 Å². The first-order chi connectivity index (χ1) is 26.1. The summed E-state index contributed by atoms with van der Waals surface area (Å²) in [6.45, 7) is 2.46. The van der Waals surface area contributed by atoms with Gasteiger partial charge in [0.05, 0.1) is 0 Å². The van der Waals surface area contributed by atoms with Gasteiger partial charge in [0, 0.05) is 0 Å². The van der Waals surface area contributed by atoms with Crippen LogP contribution in [0, 0.1) is 0 Å².